The summed E-state index contributed by atoms with van der Waals surface area (Å²) in [4.78, 5) is 12.5. The average Bonchev–Trinajstić information content (AvgIpc) is 3.38. The Hall–Kier alpha value is -3.52. The van der Waals surface area contributed by atoms with Crippen LogP contribution in [0.25, 0.3) is 10.9 Å². The van der Waals surface area contributed by atoms with Gasteiger partial charge in [0.2, 0.25) is 0 Å². The van der Waals surface area contributed by atoms with Gasteiger partial charge in [-0.1, -0.05) is 17.7 Å². The van der Waals surface area contributed by atoms with E-state index in [1.54, 1.807) is 31.2 Å². The third-order valence-electron chi connectivity index (χ3n) is 4.71. The van der Waals surface area contributed by atoms with Gasteiger partial charge < -0.3 is 14.8 Å². The van der Waals surface area contributed by atoms with Gasteiger partial charge in [-0.3, -0.25) is 14.6 Å². The summed E-state index contributed by atoms with van der Waals surface area (Å²) in [6, 6.07) is 11.1. The molecule has 0 radical (unpaired) electrons. The van der Waals surface area contributed by atoms with Crippen LogP contribution in [0.2, 0.25) is 5.02 Å². The highest BCUT2D eigenvalue weighted by molar-refractivity contribution is 6.31. The Morgan fingerprint density at radius 2 is 2.00 bits per heavy atom. The van der Waals surface area contributed by atoms with Crippen LogP contribution in [0.4, 0.5) is 0 Å². The Kier molecular flexibility index (Phi) is 5.58. The molecular weight excluding hydrogens is 406 g/mol. The fourth-order valence-electron chi connectivity index (χ4n) is 3.17. The fourth-order valence-corrected chi connectivity index (χ4v) is 3.35. The molecule has 1 amide bonds. The molecule has 9 heteroatoms. The summed E-state index contributed by atoms with van der Waals surface area (Å²) in [6.45, 7) is 0.774. The lowest BCUT2D eigenvalue weighted by atomic mass is 10.2. The maximum Gasteiger partial charge on any atom is 0.254 e. The minimum Gasteiger partial charge on any atom is -0.493 e. The summed E-state index contributed by atoms with van der Waals surface area (Å²) in [5, 5.41) is 15.8. The predicted molar refractivity (Wildman–Crippen MR) is 113 cm³/mol. The standard InChI is InChI=1S/C21H20ClN5O3/c1-29-19-6-3-13(7-20(19)30-2)11-27-12-14(9-24-27)21(28)23-10-18-16-8-15(22)4-5-17(16)25-26-18/h3-9,12H,10-11H2,1-2H3,(H,23,28)(H,25,26). The number of nitrogens with zero attached hydrogens (tertiary/aromatic N) is 3. The fraction of sp³-hybridized carbons (Fsp3) is 0.190. The molecule has 2 aromatic heterocycles. The molecule has 0 spiro atoms. The van der Waals surface area contributed by atoms with Crippen LogP contribution in [0, 0.1) is 0 Å². The molecule has 2 heterocycles. The second-order valence-corrected chi connectivity index (χ2v) is 7.10. The number of halogens is 1. The van der Waals surface area contributed by atoms with Gasteiger partial charge in [0.15, 0.2) is 11.5 Å². The van der Waals surface area contributed by atoms with Gasteiger partial charge in [0.1, 0.15) is 0 Å². The van der Waals surface area contributed by atoms with E-state index in [1.807, 2.05) is 30.3 Å². The monoisotopic (exact) mass is 425 g/mol. The molecule has 2 aromatic carbocycles. The van der Waals surface area contributed by atoms with Crippen LogP contribution >= 0.6 is 11.6 Å². The van der Waals surface area contributed by atoms with Crippen molar-refractivity contribution in [1.29, 1.82) is 0 Å². The highest BCUT2D eigenvalue weighted by atomic mass is 35.5. The van der Waals surface area contributed by atoms with E-state index in [1.165, 1.54) is 6.20 Å². The number of fused-ring (bicyclic) bond motifs is 1. The van der Waals surface area contributed by atoms with Crippen molar-refractivity contribution in [3.05, 3.63) is 70.6 Å². The van der Waals surface area contributed by atoms with Crippen LogP contribution in [0.15, 0.2) is 48.8 Å². The quantitative estimate of drug-likeness (QED) is 0.473. The number of nitrogens with one attached hydrogen (secondary N) is 2. The van der Waals surface area contributed by atoms with Gasteiger partial charge in [-0.15, -0.1) is 0 Å². The molecule has 0 saturated heterocycles. The summed E-state index contributed by atoms with van der Waals surface area (Å²) in [5.41, 5.74) is 3.03. The van der Waals surface area contributed by atoms with Crippen LogP contribution in [0.5, 0.6) is 11.5 Å². The van der Waals surface area contributed by atoms with E-state index in [4.69, 9.17) is 21.1 Å². The first-order valence-corrected chi connectivity index (χ1v) is 9.59. The number of hydrogen-bond acceptors (Lipinski definition) is 5. The van der Waals surface area contributed by atoms with Crippen molar-refractivity contribution in [3.63, 3.8) is 0 Å². The number of amides is 1. The number of aromatic amines is 1. The van der Waals surface area contributed by atoms with Crippen LogP contribution in [0.3, 0.4) is 0 Å². The molecule has 154 valence electrons. The Bertz CT molecular complexity index is 1200. The molecule has 30 heavy (non-hydrogen) atoms. The average molecular weight is 426 g/mol. The SMILES string of the molecule is COc1ccc(Cn2cc(C(=O)NCc3n[nH]c4ccc(Cl)cc34)cn2)cc1OC. The number of benzene rings is 2. The second kappa shape index (κ2) is 8.46. The van der Waals surface area contributed by atoms with E-state index in [2.05, 4.69) is 20.6 Å². The molecule has 0 aliphatic heterocycles. The zero-order valence-electron chi connectivity index (χ0n) is 16.5. The van der Waals surface area contributed by atoms with Crippen molar-refractivity contribution in [2.75, 3.05) is 14.2 Å². The smallest absolute Gasteiger partial charge is 0.254 e. The zero-order valence-corrected chi connectivity index (χ0v) is 17.2. The molecule has 8 nitrogen and oxygen atoms in total. The van der Waals surface area contributed by atoms with Crippen molar-refractivity contribution in [2.45, 2.75) is 13.1 Å². The third kappa shape index (κ3) is 4.08. The Balaban J connectivity index is 1.42. The van der Waals surface area contributed by atoms with Crippen molar-refractivity contribution in [2.24, 2.45) is 0 Å². The molecule has 0 unspecified atom stereocenters. The summed E-state index contributed by atoms with van der Waals surface area (Å²) in [7, 11) is 3.19. The Labute approximate surface area is 177 Å². The zero-order chi connectivity index (χ0) is 21.1. The molecule has 4 rings (SSSR count). The molecule has 0 bridgehead atoms. The summed E-state index contributed by atoms with van der Waals surface area (Å²) < 4.78 is 12.3. The van der Waals surface area contributed by atoms with Gasteiger partial charge in [0.05, 0.1) is 50.3 Å². The number of carbonyl (C=O) groups is 1. The first-order chi connectivity index (χ1) is 14.6. The van der Waals surface area contributed by atoms with Crippen LogP contribution < -0.4 is 14.8 Å². The molecule has 0 saturated carbocycles. The van der Waals surface area contributed by atoms with E-state index in [-0.39, 0.29) is 12.5 Å². The molecule has 4 aromatic rings. The van der Waals surface area contributed by atoms with E-state index in [0.29, 0.717) is 28.6 Å². The van der Waals surface area contributed by atoms with Gasteiger partial charge in [0, 0.05) is 16.6 Å². The topological polar surface area (TPSA) is 94.1 Å². The lowest BCUT2D eigenvalue weighted by Gasteiger charge is -2.09. The number of methoxy groups -OCH3 is 2. The number of hydrogen-bond donors (Lipinski definition) is 2. The van der Waals surface area contributed by atoms with Crippen LogP contribution in [0.1, 0.15) is 21.6 Å². The Morgan fingerprint density at radius 3 is 2.80 bits per heavy atom. The van der Waals surface area contributed by atoms with Crippen molar-refractivity contribution < 1.29 is 14.3 Å². The molecule has 0 aliphatic carbocycles. The lowest BCUT2D eigenvalue weighted by Crippen LogP contribution is -2.22. The van der Waals surface area contributed by atoms with E-state index in [0.717, 1.165) is 22.2 Å². The summed E-state index contributed by atoms with van der Waals surface area (Å²) in [5.74, 6) is 1.08. The largest absolute Gasteiger partial charge is 0.493 e. The number of H-pyrrole nitrogens is 1. The first-order valence-electron chi connectivity index (χ1n) is 9.21. The highest BCUT2D eigenvalue weighted by Gasteiger charge is 2.12. The van der Waals surface area contributed by atoms with Crippen molar-refractivity contribution in [3.8, 4) is 11.5 Å². The normalized spacial score (nSPS) is 10.9. The molecule has 0 atom stereocenters. The van der Waals surface area contributed by atoms with Gasteiger partial charge >= 0.3 is 0 Å². The maximum atomic E-state index is 12.5. The summed E-state index contributed by atoms with van der Waals surface area (Å²) >= 11 is 6.06. The summed E-state index contributed by atoms with van der Waals surface area (Å²) in [6.07, 6.45) is 3.24. The molecule has 2 N–H and O–H groups in total. The number of ether oxygens (including phenoxy) is 2. The minimum atomic E-state index is -0.230. The third-order valence-corrected chi connectivity index (χ3v) is 4.94. The predicted octanol–water partition coefficient (Wildman–Crippen LogP) is 3.41. The highest BCUT2D eigenvalue weighted by Crippen LogP contribution is 2.27. The number of carbonyl (C=O) groups excluding carboxylic acids is 1. The van der Waals surface area contributed by atoms with E-state index in [9.17, 15) is 4.79 Å². The van der Waals surface area contributed by atoms with Crippen LogP contribution in [-0.4, -0.2) is 40.1 Å². The molecule has 0 aliphatic rings. The van der Waals surface area contributed by atoms with E-state index >= 15 is 0 Å². The van der Waals surface area contributed by atoms with E-state index < -0.39 is 0 Å². The van der Waals surface area contributed by atoms with Gasteiger partial charge in [0.25, 0.3) is 5.91 Å². The number of rotatable bonds is 7. The molecular formula is C21H20ClN5O3. The van der Waals surface area contributed by atoms with Crippen molar-refractivity contribution >= 4 is 28.4 Å². The second-order valence-electron chi connectivity index (χ2n) is 6.66. The molecule has 0 fully saturated rings. The Morgan fingerprint density at radius 1 is 1.17 bits per heavy atom. The van der Waals surface area contributed by atoms with Gasteiger partial charge in [-0.25, -0.2) is 0 Å². The van der Waals surface area contributed by atoms with Crippen molar-refractivity contribution in [1.82, 2.24) is 25.3 Å². The maximum absolute atomic E-state index is 12.5. The minimum absolute atomic E-state index is 0.230. The van der Waals surface area contributed by atoms with Gasteiger partial charge in [-0.05, 0) is 35.9 Å². The first kappa shape index (κ1) is 19.8. The lowest BCUT2D eigenvalue weighted by molar-refractivity contribution is 0.0950. The van der Waals surface area contributed by atoms with Crippen LogP contribution in [-0.2, 0) is 13.1 Å². The van der Waals surface area contributed by atoms with Gasteiger partial charge in [-0.2, -0.15) is 10.2 Å². The number of aromatic nitrogens is 4.